The first-order valence-corrected chi connectivity index (χ1v) is 6.81. The minimum atomic E-state index is -0.0957. The van der Waals surface area contributed by atoms with E-state index in [2.05, 4.69) is 24.0 Å². The van der Waals surface area contributed by atoms with E-state index in [0.717, 1.165) is 18.6 Å². The first kappa shape index (κ1) is 13.7. The number of amides is 1. The number of fused-ring (bicyclic) bond motifs is 1. The smallest absolute Gasteiger partial charge is 0.243 e. The monoisotopic (exact) mass is 259 g/mol. The highest BCUT2D eigenvalue weighted by atomic mass is 16.5. The molecule has 0 saturated carbocycles. The third-order valence-corrected chi connectivity index (χ3v) is 3.77. The largest absolute Gasteiger partial charge is 0.497 e. The minimum Gasteiger partial charge on any atom is -0.497 e. The highest BCUT2D eigenvalue weighted by Gasteiger charge is 2.20. The van der Waals surface area contributed by atoms with Crippen molar-refractivity contribution in [2.24, 2.45) is 0 Å². The van der Waals surface area contributed by atoms with E-state index in [0.29, 0.717) is 12.5 Å². The Kier molecular flexibility index (Phi) is 4.61. The molecule has 0 radical (unpaired) electrons. The van der Waals surface area contributed by atoms with Gasteiger partial charge in [-0.2, -0.15) is 0 Å². The maximum Gasteiger partial charge on any atom is 0.243 e. The molecule has 1 aliphatic rings. The molecule has 3 nitrogen and oxygen atoms in total. The van der Waals surface area contributed by atoms with Gasteiger partial charge in [0.15, 0.2) is 0 Å². The Morgan fingerprint density at radius 1 is 1.58 bits per heavy atom. The van der Waals surface area contributed by atoms with E-state index < -0.39 is 0 Å². The Morgan fingerprint density at radius 2 is 2.42 bits per heavy atom. The normalized spacial score (nSPS) is 17.4. The maximum absolute atomic E-state index is 11.2. The zero-order valence-electron chi connectivity index (χ0n) is 11.4. The van der Waals surface area contributed by atoms with Crippen LogP contribution in [0.15, 0.2) is 30.9 Å². The molecule has 1 N–H and O–H groups in total. The molecule has 3 heteroatoms. The van der Waals surface area contributed by atoms with E-state index >= 15 is 0 Å². The molecule has 1 unspecified atom stereocenters. The number of aryl methyl sites for hydroxylation is 1. The van der Waals surface area contributed by atoms with Crippen molar-refractivity contribution in [3.05, 3.63) is 42.0 Å². The van der Waals surface area contributed by atoms with Crippen molar-refractivity contribution in [3.63, 3.8) is 0 Å². The Morgan fingerprint density at radius 3 is 3.16 bits per heavy atom. The third-order valence-electron chi connectivity index (χ3n) is 3.77. The van der Waals surface area contributed by atoms with E-state index in [1.54, 1.807) is 7.11 Å². The van der Waals surface area contributed by atoms with Crippen LogP contribution < -0.4 is 10.1 Å². The Labute approximate surface area is 114 Å². The lowest BCUT2D eigenvalue weighted by molar-refractivity contribution is -0.116. The zero-order chi connectivity index (χ0) is 13.7. The first-order chi connectivity index (χ1) is 9.24. The molecule has 102 valence electrons. The van der Waals surface area contributed by atoms with Crippen molar-refractivity contribution >= 4 is 5.91 Å². The topological polar surface area (TPSA) is 38.3 Å². The zero-order valence-corrected chi connectivity index (χ0v) is 11.4. The number of carbonyl (C=O) groups excluding carboxylic acids is 1. The highest BCUT2D eigenvalue weighted by Crippen LogP contribution is 2.35. The SMILES string of the molecule is C=CC(=O)NCCC1CCCc2ccc(OC)cc21. The summed E-state index contributed by atoms with van der Waals surface area (Å²) >= 11 is 0. The molecule has 19 heavy (non-hydrogen) atoms. The minimum absolute atomic E-state index is 0.0957. The van der Waals surface area contributed by atoms with Crippen LogP contribution >= 0.6 is 0 Å². The summed E-state index contributed by atoms with van der Waals surface area (Å²) in [5.41, 5.74) is 2.81. The highest BCUT2D eigenvalue weighted by molar-refractivity contribution is 5.86. The molecule has 0 aromatic heterocycles. The predicted octanol–water partition coefficient (Wildman–Crippen LogP) is 2.81. The van der Waals surface area contributed by atoms with Gasteiger partial charge in [-0.25, -0.2) is 0 Å². The van der Waals surface area contributed by atoms with Crippen molar-refractivity contribution < 1.29 is 9.53 Å². The van der Waals surface area contributed by atoms with Gasteiger partial charge in [-0.05, 0) is 60.9 Å². The van der Waals surface area contributed by atoms with Gasteiger partial charge in [0.25, 0.3) is 0 Å². The lowest BCUT2D eigenvalue weighted by Gasteiger charge is -2.26. The number of benzene rings is 1. The van der Waals surface area contributed by atoms with Gasteiger partial charge in [0.2, 0.25) is 5.91 Å². The molecule has 2 rings (SSSR count). The third kappa shape index (κ3) is 3.37. The molecule has 1 atom stereocenters. The molecule has 0 fully saturated rings. The van der Waals surface area contributed by atoms with E-state index in [1.807, 2.05) is 6.07 Å². The molecular formula is C16H21NO2. The first-order valence-electron chi connectivity index (χ1n) is 6.81. The lowest BCUT2D eigenvalue weighted by Crippen LogP contribution is -2.24. The summed E-state index contributed by atoms with van der Waals surface area (Å²) in [5.74, 6) is 1.34. The average molecular weight is 259 g/mol. The van der Waals surface area contributed by atoms with Gasteiger partial charge in [0.1, 0.15) is 5.75 Å². The van der Waals surface area contributed by atoms with Gasteiger partial charge in [-0.3, -0.25) is 4.79 Å². The van der Waals surface area contributed by atoms with Crippen LogP contribution in [0.5, 0.6) is 5.75 Å². The van der Waals surface area contributed by atoms with Crippen LogP contribution in [0.3, 0.4) is 0 Å². The van der Waals surface area contributed by atoms with Gasteiger partial charge in [-0.1, -0.05) is 12.6 Å². The molecule has 1 aromatic rings. The molecule has 1 aliphatic carbocycles. The fraction of sp³-hybridized carbons (Fsp3) is 0.438. The summed E-state index contributed by atoms with van der Waals surface area (Å²) in [6.45, 7) is 4.16. The van der Waals surface area contributed by atoms with E-state index in [4.69, 9.17) is 4.74 Å². The molecule has 0 saturated heterocycles. The van der Waals surface area contributed by atoms with E-state index in [9.17, 15) is 4.79 Å². The second-order valence-electron chi connectivity index (χ2n) is 4.94. The van der Waals surface area contributed by atoms with Crippen molar-refractivity contribution in [1.29, 1.82) is 0 Å². The number of methoxy groups -OCH3 is 1. The van der Waals surface area contributed by atoms with Gasteiger partial charge < -0.3 is 10.1 Å². The van der Waals surface area contributed by atoms with Crippen molar-refractivity contribution in [1.82, 2.24) is 5.32 Å². The van der Waals surface area contributed by atoms with Gasteiger partial charge in [0.05, 0.1) is 7.11 Å². The van der Waals surface area contributed by atoms with Gasteiger partial charge >= 0.3 is 0 Å². The number of rotatable bonds is 5. The Balaban J connectivity index is 2.04. The molecule has 0 bridgehead atoms. The number of carbonyl (C=O) groups is 1. The second-order valence-corrected chi connectivity index (χ2v) is 4.94. The van der Waals surface area contributed by atoms with Crippen LogP contribution in [0.1, 0.15) is 36.3 Å². The number of hydrogen-bond donors (Lipinski definition) is 1. The Hall–Kier alpha value is -1.77. The molecule has 0 aliphatic heterocycles. The van der Waals surface area contributed by atoms with Gasteiger partial charge in [-0.15, -0.1) is 0 Å². The fourth-order valence-corrected chi connectivity index (χ4v) is 2.74. The van der Waals surface area contributed by atoms with Crippen LogP contribution in [-0.4, -0.2) is 19.6 Å². The average Bonchev–Trinajstić information content (AvgIpc) is 2.46. The molecular weight excluding hydrogens is 238 g/mol. The molecule has 1 amide bonds. The number of ether oxygens (including phenoxy) is 1. The summed E-state index contributed by atoms with van der Waals surface area (Å²) in [6.07, 6.45) is 5.84. The number of hydrogen-bond acceptors (Lipinski definition) is 2. The fourth-order valence-electron chi connectivity index (χ4n) is 2.74. The molecule has 0 spiro atoms. The maximum atomic E-state index is 11.2. The van der Waals surface area contributed by atoms with Crippen LogP contribution in [0.4, 0.5) is 0 Å². The van der Waals surface area contributed by atoms with Crippen LogP contribution in [0, 0.1) is 0 Å². The summed E-state index contributed by atoms with van der Waals surface area (Å²) in [6, 6.07) is 6.35. The summed E-state index contributed by atoms with van der Waals surface area (Å²) in [4.78, 5) is 11.2. The van der Waals surface area contributed by atoms with Crippen molar-refractivity contribution in [2.45, 2.75) is 31.6 Å². The van der Waals surface area contributed by atoms with Crippen molar-refractivity contribution in [2.75, 3.05) is 13.7 Å². The lowest BCUT2D eigenvalue weighted by atomic mass is 9.81. The van der Waals surface area contributed by atoms with E-state index in [1.165, 1.54) is 30.0 Å². The predicted molar refractivity (Wildman–Crippen MR) is 76.5 cm³/mol. The quantitative estimate of drug-likeness (QED) is 0.826. The van der Waals surface area contributed by atoms with Gasteiger partial charge in [0, 0.05) is 6.54 Å². The van der Waals surface area contributed by atoms with Crippen LogP contribution in [0.2, 0.25) is 0 Å². The summed E-state index contributed by atoms with van der Waals surface area (Å²) < 4.78 is 5.31. The standard InChI is InChI=1S/C16H21NO2/c1-3-16(18)17-10-9-13-6-4-5-12-7-8-14(19-2)11-15(12)13/h3,7-8,11,13H,1,4-6,9-10H2,2H3,(H,17,18). The summed E-state index contributed by atoms with van der Waals surface area (Å²) in [7, 11) is 1.70. The van der Waals surface area contributed by atoms with Crippen molar-refractivity contribution in [3.8, 4) is 5.75 Å². The Bertz CT molecular complexity index is 468. The van der Waals surface area contributed by atoms with E-state index in [-0.39, 0.29) is 5.91 Å². The summed E-state index contributed by atoms with van der Waals surface area (Å²) in [5, 5.41) is 2.85. The van der Waals surface area contributed by atoms with Crippen LogP contribution in [-0.2, 0) is 11.2 Å². The molecule has 1 aromatic carbocycles. The second kappa shape index (κ2) is 6.41. The van der Waals surface area contributed by atoms with Crippen LogP contribution in [0.25, 0.3) is 0 Å². The molecule has 0 heterocycles. The number of nitrogens with one attached hydrogen (secondary N) is 1.